The van der Waals surface area contributed by atoms with Gasteiger partial charge in [0.05, 0.1) is 5.69 Å². The lowest BCUT2D eigenvalue weighted by molar-refractivity contribution is 0.426. The Morgan fingerprint density at radius 2 is 1.75 bits per heavy atom. The Labute approximate surface area is 121 Å². The van der Waals surface area contributed by atoms with Gasteiger partial charge in [0.1, 0.15) is 5.75 Å². The van der Waals surface area contributed by atoms with Crippen molar-refractivity contribution in [3.63, 3.8) is 0 Å². The van der Waals surface area contributed by atoms with Gasteiger partial charge in [0.15, 0.2) is 5.76 Å². The van der Waals surface area contributed by atoms with Gasteiger partial charge in [0.2, 0.25) is 0 Å². The summed E-state index contributed by atoms with van der Waals surface area (Å²) < 4.78 is 5.34. The number of phenols is 1. The molecule has 0 bridgehead atoms. The lowest BCUT2D eigenvalue weighted by atomic mass is 10.2. The molecule has 3 aromatic rings. The summed E-state index contributed by atoms with van der Waals surface area (Å²) in [5.74, 6) is 1.72. The van der Waals surface area contributed by atoms with Crippen LogP contribution in [0.5, 0.6) is 5.75 Å². The van der Waals surface area contributed by atoms with Crippen molar-refractivity contribution in [1.29, 1.82) is 0 Å². The molecule has 20 heavy (non-hydrogen) atoms. The molecule has 1 heterocycles. The minimum Gasteiger partial charge on any atom is -0.507 e. The fourth-order valence-corrected chi connectivity index (χ4v) is 2.68. The fraction of sp³-hybridized carbons (Fsp3) is 0.0625. The molecule has 0 unspecified atom stereocenters. The first-order valence-electron chi connectivity index (χ1n) is 6.25. The Morgan fingerprint density at radius 3 is 2.55 bits per heavy atom. The van der Waals surface area contributed by atoms with Gasteiger partial charge in [-0.15, -0.1) is 11.8 Å². The van der Waals surface area contributed by atoms with Crippen molar-refractivity contribution in [3.8, 4) is 17.1 Å². The van der Waals surface area contributed by atoms with Crippen LogP contribution in [0.3, 0.4) is 0 Å². The van der Waals surface area contributed by atoms with Gasteiger partial charge in [-0.05, 0) is 12.1 Å². The average Bonchev–Trinajstić information content (AvgIpc) is 2.96. The molecule has 0 aliphatic rings. The summed E-state index contributed by atoms with van der Waals surface area (Å²) in [7, 11) is 0. The Morgan fingerprint density at radius 1 is 1.00 bits per heavy atom. The Balaban J connectivity index is 1.71. The Hall–Kier alpha value is -2.20. The molecule has 0 saturated heterocycles. The molecule has 2 aromatic carbocycles. The minimum atomic E-state index is 0.296. The Bertz CT molecular complexity index is 694. The first-order chi connectivity index (χ1) is 9.83. The number of phenolic OH excluding ortho intramolecular Hbond substituents is 1. The molecule has 100 valence electrons. The number of aromatic nitrogens is 1. The van der Waals surface area contributed by atoms with E-state index in [9.17, 15) is 5.11 Å². The van der Waals surface area contributed by atoms with Gasteiger partial charge in [0.25, 0.3) is 0 Å². The summed E-state index contributed by atoms with van der Waals surface area (Å²) in [5, 5.41) is 13.8. The smallest absolute Gasteiger partial charge is 0.167 e. The molecule has 3 rings (SSSR count). The predicted molar refractivity (Wildman–Crippen MR) is 79.6 cm³/mol. The highest BCUT2D eigenvalue weighted by Gasteiger charge is 2.08. The molecule has 0 aliphatic heterocycles. The van der Waals surface area contributed by atoms with E-state index in [1.54, 1.807) is 6.07 Å². The fourth-order valence-electron chi connectivity index (χ4n) is 1.85. The van der Waals surface area contributed by atoms with Crippen LogP contribution < -0.4 is 0 Å². The van der Waals surface area contributed by atoms with E-state index in [-0.39, 0.29) is 0 Å². The lowest BCUT2D eigenvalue weighted by Crippen LogP contribution is -1.79. The van der Waals surface area contributed by atoms with E-state index < -0.39 is 0 Å². The number of aromatic hydroxyl groups is 1. The molecular weight excluding hydrogens is 270 g/mol. The second-order valence-electron chi connectivity index (χ2n) is 4.30. The molecule has 4 heteroatoms. The number of hydrogen-bond donors (Lipinski definition) is 1. The predicted octanol–water partition coefficient (Wildman–Crippen LogP) is 4.34. The van der Waals surface area contributed by atoms with Gasteiger partial charge in [-0.2, -0.15) is 0 Å². The van der Waals surface area contributed by atoms with Crippen molar-refractivity contribution >= 4 is 11.8 Å². The van der Waals surface area contributed by atoms with Crippen molar-refractivity contribution in [1.82, 2.24) is 5.16 Å². The summed E-state index contributed by atoms with van der Waals surface area (Å²) in [6, 6.07) is 19.1. The molecule has 1 N–H and O–H groups in total. The molecule has 0 radical (unpaired) electrons. The summed E-state index contributed by atoms with van der Waals surface area (Å²) >= 11 is 1.54. The van der Waals surface area contributed by atoms with Crippen LogP contribution >= 0.6 is 11.8 Å². The van der Waals surface area contributed by atoms with Crippen LogP contribution in [0.25, 0.3) is 11.3 Å². The zero-order chi connectivity index (χ0) is 13.8. The zero-order valence-corrected chi connectivity index (χ0v) is 11.5. The van der Waals surface area contributed by atoms with Crippen LogP contribution in [0.4, 0.5) is 0 Å². The highest BCUT2D eigenvalue weighted by atomic mass is 32.2. The van der Waals surface area contributed by atoms with Gasteiger partial charge in [-0.25, -0.2) is 0 Å². The zero-order valence-electron chi connectivity index (χ0n) is 10.7. The Kier molecular flexibility index (Phi) is 3.74. The lowest BCUT2D eigenvalue weighted by Gasteiger charge is -2.01. The maximum atomic E-state index is 9.71. The van der Waals surface area contributed by atoms with Crippen molar-refractivity contribution in [2.24, 2.45) is 0 Å². The molecule has 0 spiro atoms. The summed E-state index contributed by atoms with van der Waals surface area (Å²) in [6.45, 7) is 0. The summed E-state index contributed by atoms with van der Waals surface area (Å²) in [6.07, 6.45) is 0. The highest BCUT2D eigenvalue weighted by Crippen LogP contribution is 2.31. The van der Waals surface area contributed by atoms with Crippen molar-refractivity contribution < 1.29 is 9.63 Å². The van der Waals surface area contributed by atoms with Crippen LogP contribution in [-0.2, 0) is 5.75 Å². The third-order valence-corrected chi connectivity index (χ3v) is 3.95. The third-order valence-electron chi connectivity index (χ3n) is 2.86. The maximum Gasteiger partial charge on any atom is 0.167 e. The van der Waals surface area contributed by atoms with Crippen molar-refractivity contribution in [2.75, 3.05) is 0 Å². The van der Waals surface area contributed by atoms with E-state index >= 15 is 0 Å². The standard InChI is InChI=1S/C16H13NO2S/c18-14-8-4-5-9-16(14)20-11-13-10-15(19-17-13)12-6-2-1-3-7-12/h1-10,18H,11H2. The van der Waals surface area contributed by atoms with Crippen LogP contribution in [0.1, 0.15) is 5.69 Å². The summed E-state index contributed by atoms with van der Waals surface area (Å²) in [5.41, 5.74) is 1.87. The first-order valence-corrected chi connectivity index (χ1v) is 7.23. The van der Waals surface area contributed by atoms with Gasteiger partial charge in [-0.1, -0.05) is 47.6 Å². The molecule has 0 aliphatic carbocycles. The van der Waals surface area contributed by atoms with Crippen LogP contribution in [0, 0.1) is 0 Å². The molecule has 0 amide bonds. The van der Waals surface area contributed by atoms with Gasteiger partial charge in [-0.3, -0.25) is 0 Å². The van der Waals surface area contributed by atoms with Crippen LogP contribution in [0.15, 0.2) is 70.1 Å². The number of rotatable bonds is 4. The SMILES string of the molecule is Oc1ccccc1SCc1cc(-c2ccccc2)on1. The van der Waals surface area contributed by atoms with E-state index in [1.165, 1.54) is 11.8 Å². The van der Waals surface area contributed by atoms with Crippen molar-refractivity contribution in [3.05, 3.63) is 66.4 Å². The second kappa shape index (κ2) is 5.84. The number of nitrogens with zero attached hydrogens (tertiary/aromatic N) is 1. The monoisotopic (exact) mass is 283 g/mol. The molecule has 0 saturated carbocycles. The molecular formula is C16H13NO2S. The van der Waals surface area contributed by atoms with E-state index in [4.69, 9.17) is 4.52 Å². The molecule has 0 atom stereocenters. The third kappa shape index (κ3) is 2.86. The highest BCUT2D eigenvalue weighted by molar-refractivity contribution is 7.98. The molecule has 1 aromatic heterocycles. The largest absolute Gasteiger partial charge is 0.507 e. The number of thioether (sulfide) groups is 1. The van der Waals surface area contributed by atoms with Crippen LogP contribution in [-0.4, -0.2) is 10.3 Å². The van der Waals surface area contributed by atoms with E-state index in [0.29, 0.717) is 11.5 Å². The number of benzene rings is 2. The van der Waals surface area contributed by atoms with Gasteiger partial charge < -0.3 is 9.63 Å². The van der Waals surface area contributed by atoms with Gasteiger partial charge >= 0.3 is 0 Å². The van der Waals surface area contributed by atoms with Crippen molar-refractivity contribution in [2.45, 2.75) is 10.6 Å². The normalized spacial score (nSPS) is 10.6. The van der Waals surface area contributed by atoms with E-state index in [0.717, 1.165) is 21.9 Å². The van der Waals surface area contributed by atoms with E-state index in [2.05, 4.69) is 5.16 Å². The molecule has 3 nitrogen and oxygen atoms in total. The van der Waals surface area contributed by atoms with Crippen LogP contribution in [0.2, 0.25) is 0 Å². The molecule has 0 fully saturated rings. The van der Waals surface area contributed by atoms with Gasteiger partial charge in [0, 0.05) is 22.3 Å². The maximum absolute atomic E-state index is 9.71. The first kappa shape index (κ1) is 12.8. The average molecular weight is 283 g/mol. The van der Waals surface area contributed by atoms with E-state index in [1.807, 2.05) is 54.6 Å². The quantitative estimate of drug-likeness (QED) is 0.723. The minimum absolute atomic E-state index is 0.296. The summed E-state index contributed by atoms with van der Waals surface area (Å²) in [4.78, 5) is 0.844. The number of hydrogen-bond acceptors (Lipinski definition) is 4. The second-order valence-corrected chi connectivity index (χ2v) is 5.32. The topological polar surface area (TPSA) is 46.3 Å². The number of para-hydroxylation sites is 1.